The van der Waals surface area contributed by atoms with Crippen molar-refractivity contribution in [2.75, 3.05) is 6.54 Å². The number of nitrogens with zero attached hydrogens (tertiary/aromatic N) is 1. The van der Waals surface area contributed by atoms with E-state index < -0.39 is 12.0 Å². The van der Waals surface area contributed by atoms with Gasteiger partial charge in [0.1, 0.15) is 0 Å². The Balaban J connectivity index is 2.61. The number of carbonyl (C=O) groups is 1. The molecule has 0 spiro atoms. The Kier molecular flexibility index (Phi) is 2.51. The van der Waals surface area contributed by atoms with Crippen LogP contribution in [0, 0.1) is 0 Å². The van der Waals surface area contributed by atoms with E-state index in [2.05, 4.69) is 4.99 Å². The first-order chi connectivity index (χ1) is 7.24. The molecule has 1 aromatic carbocycles. The Labute approximate surface area is 86.8 Å². The van der Waals surface area contributed by atoms with Crippen molar-refractivity contribution in [2.24, 2.45) is 10.7 Å². The van der Waals surface area contributed by atoms with Crippen molar-refractivity contribution in [3.05, 3.63) is 34.8 Å². The van der Waals surface area contributed by atoms with Gasteiger partial charge in [-0.2, -0.15) is 0 Å². The smallest absolute Gasteiger partial charge is 0.332 e. The average Bonchev–Trinajstić information content (AvgIpc) is 2.58. The number of hydrogen-bond donors (Lipinski definition) is 2. The monoisotopic (exact) mass is 204 g/mol. The molecule has 3 N–H and O–H groups in total. The molecule has 1 atom stereocenters. The number of nitrogens with two attached hydrogens (primary N) is 1. The maximum absolute atomic E-state index is 11.0. The van der Waals surface area contributed by atoms with E-state index >= 15 is 0 Å². The van der Waals surface area contributed by atoms with Gasteiger partial charge < -0.3 is 10.8 Å². The zero-order chi connectivity index (χ0) is 10.8. The standard InChI is InChI=1S/C11H12N2O2/c12-6-5-8-7-3-1-2-4-9(7)13-10(8)11(14)15/h1-4,10H,5-6,12H2,(H,14,15)/t10-/m1/s1. The van der Waals surface area contributed by atoms with Crippen LogP contribution < -0.4 is 16.3 Å². The quantitative estimate of drug-likeness (QED) is 0.681. The first-order valence-electron chi connectivity index (χ1n) is 4.83. The van der Waals surface area contributed by atoms with Gasteiger partial charge in [0.05, 0.1) is 5.36 Å². The average molecular weight is 204 g/mol. The van der Waals surface area contributed by atoms with E-state index in [0.717, 1.165) is 16.1 Å². The van der Waals surface area contributed by atoms with Crippen LogP contribution in [0.25, 0.3) is 5.57 Å². The second-order valence-corrected chi connectivity index (χ2v) is 3.45. The molecule has 1 heterocycles. The molecule has 0 fully saturated rings. The lowest BCUT2D eigenvalue weighted by Crippen LogP contribution is -2.24. The molecule has 15 heavy (non-hydrogen) atoms. The number of rotatable bonds is 3. The van der Waals surface area contributed by atoms with Crippen molar-refractivity contribution in [1.29, 1.82) is 0 Å². The lowest BCUT2D eigenvalue weighted by atomic mass is 10.0. The highest BCUT2D eigenvalue weighted by molar-refractivity contribution is 5.86. The van der Waals surface area contributed by atoms with Crippen molar-refractivity contribution in [3.63, 3.8) is 0 Å². The molecule has 0 unspecified atom stereocenters. The topological polar surface area (TPSA) is 75.7 Å². The van der Waals surface area contributed by atoms with E-state index in [1.165, 1.54) is 0 Å². The fraction of sp³-hybridized carbons (Fsp3) is 0.273. The van der Waals surface area contributed by atoms with Crippen LogP contribution in [0.5, 0.6) is 0 Å². The van der Waals surface area contributed by atoms with E-state index in [4.69, 9.17) is 10.8 Å². The number of fused-ring (bicyclic) bond motifs is 1. The first kappa shape index (κ1) is 9.86. The minimum Gasteiger partial charge on any atom is -0.479 e. The highest BCUT2D eigenvalue weighted by Crippen LogP contribution is 2.12. The molecule has 0 saturated heterocycles. The molecule has 1 aromatic rings. The molecule has 78 valence electrons. The van der Waals surface area contributed by atoms with Gasteiger partial charge >= 0.3 is 5.97 Å². The Morgan fingerprint density at radius 2 is 2.20 bits per heavy atom. The van der Waals surface area contributed by atoms with Gasteiger partial charge in [-0.3, -0.25) is 4.99 Å². The van der Waals surface area contributed by atoms with E-state index in [9.17, 15) is 4.79 Å². The first-order valence-corrected chi connectivity index (χ1v) is 4.83. The van der Waals surface area contributed by atoms with Gasteiger partial charge in [-0.05, 0) is 24.6 Å². The predicted octanol–water partition coefficient (Wildman–Crippen LogP) is -0.728. The number of carboxylic acid groups (broad SMARTS) is 1. The van der Waals surface area contributed by atoms with Gasteiger partial charge in [-0.1, -0.05) is 18.2 Å². The number of carboxylic acids is 1. The fourth-order valence-electron chi connectivity index (χ4n) is 1.85. The van der Waals surface area contributed by atoms with Gasteiger partial charge in [0.15, 0.2) is 6.04 Å². The second kappa shape index (κ2) is 3.82. The molecule has 1 aliphatic heterocycles. The molecule has 0 aromatic heterocycles. The highest BCUT2D eigenvalue weighted by Gasteiger charge is 2.24. The minimum atomic E-state index is -0.908. The molecule has 0 aliphatic carbocycles. The van der Waals surface area contributed by atoms with Crippen LogP contribution in [0.1, 0.15) is 6.42 Å². The summed E-state index contributed by atoms with van der Waals surface area (Å²) in [5.74, 6) is -0.908. The fourth-order valence-corrected chi connectivity index (χ4v) is 1.85. The lowest BCUT2D eigenvalue weighted by molar-refractivity contribution is -0.137. The van der Waals surface area contributed by atoms with Gasteiger partial charge in [0.2, 0.25) is 0 Å². The third-order valence-electron chi connectivity index (χ3n) is 2.50. The van der Waals surface area contributed by atoms with Crippen molar-refractivity contribution in [2.45, 2.75) is 12.5 Å². The second-order valence-electron chi connectivity index (χ2n) is 3.45. The number of benzene rings is 1. The Morgan fingerprint density at radius 1 is 1.47 bits per heavy atom. The summed E-state index contributed by atoms with van der Waals surface area (Å²) in [4.78, 5) is 15.2. The molecule has 1 aliphatic rings. The predicted molar refractivity (Wildman–Crippen MR) is 55.7 cm³/mol. The van der Waals surface area contributed by atoms with Crippen LogP contribution in [-0.4, -0.2) is 23.7 Å². The third-order valence-corrected chi connectivity index (χ3v) is 2.50. The minimum absolute atomic E-state index is 0.447. The van der Waals surface area contributed by atoms with Crippen LogP contribution in [0.4, 0.5) is 0 Å². The lowest BCUT2D eigenvalue weighted by Gasteiger charge is -2.06. The van der Waals surface area contributed by atoms with Crippen molar-refractivity contribution < 1.29 is 9.90 Å². The number of hydrogen-bond acceptors (Lipinski definition) is 3. The zero-order valence-electron chi connectivity index (χ0n) is 8.18. The Morgan fingerprint density at radius 3 is 2.87 bits per heavy atom. The molecular weight excluding hydrogens is 192 g/mol. The molecule has 4 nitrogen and oxygen atoms in total. The largest absolute Gasteiger partial charge is 0.479 e. The number of para-hydroxylation sites is 1. The molecule has 0 radical (unpaired) electrons. The van der Waals surface area contributed by atoms with Crippen LogP contribution in [0.3, 0.4) is 0 Å². The molecule has 0 amide bonds. The summed E-state index contributed by atoms with van der Waals surface area (Å²) in [5, 5.41) is 10.7. The summed E-state index contributed by atoms with van der Waals surface area (Å²) < 4.78 is 0. The molecular formula is C11H12N2O2. The van der Waals surface area contributed by atoms with Crippen LogP contribution >= 0.6 is 0 Å². The van der Waals surface area contributed by atoms with E-state index in [1.54, 1.807) is 0 Å². The summed E-state index contributed by atoms with van der Waals surface area (Å²) in [6.45, 7) is 0.447. The molecule has 0 saturated carbocycles. The maximum Gasteiger partial charge on any atom is 0.332 e. The summed E-state index contributed by atoms with van der Waals surface area (Å²) in [7, 11) is 0. The van der Waals surface area contributed by atoms with Gasteiger partial charge in [0.25, 0.3) is 0 Å². The summed E-state index contributed by atoms with van der Waals surface area (Å²) in [6, 6.07) is 6.72. The summed E-state index contributed by atoms with van der Waals surface area (Å²) in [6.07, 6.45) is 0.581. The Bertz CT molecular complexity index is 508. The van der Waals surface area contributed by atoms with Crippen LogP contribution in [-0.2, 0) is 4.79 Å². The zero-order valence-corrected chi connectivity index (χ0v) is 8.18. The van der Waals surface area contributed by atoms with Crippen LogP contribution in [0.15, 0.2) is 29.3 Å². The highest BCUT2D eigenvalue weighted by atomic mass is 16.4. The Hall–Kier alpha value is -1.68. The maximum atomic E-state index is 11.0. The van der Waals surface area contributed by atoms with Crippen LogP contribution in [0.2, 0.25) is 0 Å². The van der Waals surface area contributed by atoms with Gasteiger partial charge in [-0.15, -0.1) is 0 Å². The van der Waals surface area contributed by atoms with Gasteiger partial charge in [0, 0.05) is 5.22 Å². The molecule has 4 heteroatoms. The third kappa shape index (κ3) is 1.64. The number of aliphatic carboxylic acids is 1. The summed E-state index contributed by atoms with van der Waals surface area (Å²) in [5.41, 5.74) is 6.29. The van der Waals surface area contributed by atoms with Crippen molar-refractivity contribution in [1.82, 2.24) is 0 Å². The van der Waals surface area contributed by atoms with E-state index in [0.29, 0.717) is 13.0 Å². The van der Waals surface area contributed by atoms with E-state index in [1.807, 2.05) is 24.3 Å². The van der Waals surface area contributed by atoms with E-state index in [-0.39, 0.29) is 0 Å². The normalized spacial score (nSPS) is 18.5. The van der Waals surface area contributed by atoms with Gasteiger partial charge in [-0.25, -0.2) is 4.79 Å². The van der Waals surface area contributed by atoms with Crippen molar-refractivity contribution >= 4 is 11.5 Å². The molecule has 0 bridgehead atoms. The SMILES string of the molecule is NCCC1=c2ccccc2=N[C@H]1C(=O)O. The summed E-state index contributed by atoms with van der Waals surface area (Å²) >= 11 is 0. The van der Waals surface area contributed by atoms with Crippen molar-refractivity contribution in [3.8, 4) is 0 Å². The molecule has 2 rings (SSSR count).